The third kappa shape index (κ3) is 1.03. The van der Waals surface area contributed by atoms with E-state index in [4.69, 9.17) is 0 Å². The Morgan fingerprint density at radius 2 is 1.90 bits per heavy atom. The van der Waals surface area contributed by atoms with Gasteiger partial charge < -0.3 is 0 Å². The number of hydrogen-bond acceptors (Lipinski definition) is 1. The standard InChI is InChI=1S/C8H6IN/c1-2-4-8-6-10-9-5-7(8)3-1/h1-6H. The lowest BCUT2D eigenvalue weighted by atomic mass is 10.1. The van der Waals surface area contributed by atoms with E-state index in [1.807, 2.05) is 12.3 Å². The van der Waals surface area contributed by atoms with Crippen molar-refractivity contribution in [2.45, 2.75) is 0 Å². The van der Waals surface area contributed by atoms with Gasteiger partial charge in [0.15, 0.2) is 0 Å². The molecule has 0 atom stereocenters. The van der Waals surface area contributed by atoms with E-state index < -0.39 is 0 Å². The van der Waals surface area contributed by atoms with Crippen LogP contribution in [0.15, 0.2) is 27.5 Å². The first kappa shape index (κ1) is 6.22. The van der Waals surface area contributed by atoms with Crippen molar-refractivity contribution in [3.63, 3.8) is 0 Å². The average Bonchev–Trinajstić information content (AvgIpc) is 2.05. The van der Waals surface area contributed by atoms with Gasteiger partial charge in [0.1, 0.15) is 0 Å². The number of hydrogen-bond donors (Lipinski definition) is 0. The Morgan fingerprint density at radius 1 is 1.10 bits per heavy atom. The van der Waals surface area contributed by atoms with Crippen molar-refractivity contribution in [3.05, 3.63) is 35.4 Å². The van der Waals surface area contributed by atoms with Gasteiger partial charge in [-0.25, -0.2) is 3.21 Å². The van der Waals surface area contributed by atoms with Crippen LogP contribution in [0, 0.1) is 0 Å². The van der Waals surface area contributed by atoms with Gasteiger partial charge in [0.25, 0.3) is 0 Å². The monoisotopic (exact) mass is 243 g/mol. The third-order valence-electron chi connectivity index (χ3n) is 1.41. The highest BCUT2D eigenvalue weighted by Crippen LogP contribution is 2.13. The van der Waals surface area contributed by atoms with Crippen molar-refractivity contribution in [1.29, 1.82) is 0 Å². The van der Waals surface area contributed by atoms with Gasteiger partial charge >= 0.3 is 0 Å². The van der Waals surface area contributed by atoms with Crippen molar-refractivity contribution in [3.8, 4) is 0 Å². The Balaban J connectivity index is 2.65. The van der Waals surface area contributed by atoms with Crippen LogP contribution in [0.5, 0.6) is 0 Å². The van der Waals surface area contributed by atoms with Gasteiger partial charge in [-0.3, -0.25) is 0 Å². The zero-order chi connectivity index (χ0) is 6.81. The number of nitrogens with zero attached hydrogens (tertiary/aromatic N) is 1. The summed E-state index contributed by atoms with van der Waals surface area (Å²) in [7, 11) is 0. The predicted molar refractivity (Wildman–Crippen MR) is 53.2 cm³/mol. The molecule has 1 heterocycles. The zero-order valence-electron chi connectivity index (χ0n) is 5.29. The van der Waals surface area contributed by atoms with Crippen molar-refractivity contribution in [1.82, 2.24) is 0 Å². The molecule has 0 N–H and O–H groups in total. The number of fused-ring (bicyclic) bond motifs is 1. The van der Waals surface area contributed by atoms with Crippen LogP contribution in [0.4, 0.5) is 0 Å². The molecular formula is C8H6IN. The predicted octanol–water partition coefficient (Wildman–Crippen LogP) is 2.16. The molecule has 0 saturated carbocycles. The largest absolute Gasteiger partial charge is 0.230 e. The highest BCUT2D eigenvalue weighted by atomic mass is 127. The molecule has 0 bridgehead atoms. The van der Waals surface area contributed by atoms with Crippen LogP contribution < -0.4 is 0 Å². The van der Waals surface area contributed by atoms with Gasteiger partial charge in [0, 0.05) is 32.8 Å². The quantitative estimate of drug-likeness (QED) is 0.619. The Hall–Kier alpha value is -0.510. The SMILES string of the molecule is C1=NI=Cc2ccccc21. The van der Waals surface area contributed by atoms with E-state index in [1.165, 1.54) is 11.1 Å². The molecule has 0 saturated heterocycles. The molecule has 1 aromatic rings. The molecule has 1 nitrogen and oxygen atoms in total. The minimum Gasteiger partial charge on any atom is -0.230 e. The van der Waals surface area contributed by atoms with Gasteiger partial charge in [-0.05, 0) is 9.58 Å². The van der Waals surface area contributed by atoms with Crippen LogP contribution in [0.1, 0.15) is 11.1 Å². The Labute approximate surface area is 69.9 Å². The number of halogens is 1. The summed E-state index contributed by atoms with van der Waals surface area (Å²) in [6.45, 7) is 0. The van der Waals surface area contributed by atoms with Crippen molar-refractivity contribution in [2.24, 2.45) is 3.21 Å². The molecule has 0 spiro atoms. The zero-order valence-corrected chi connectivity index (χ0v) is 7.45. The van der Waals surface area contributed by atoms with E-state index in [0.29, 0.717) is 0 Å². The van der Waals surface area contributed by atoms with Crippen LogP contribution >= 0.6 is 21.0 Å². The lowest BCUT2D eigenvalue weighted by Gasteiger charge is -2.00. The number of benzene rings is 1. The fraction of sp³-hybridized carbons (Fsp3) is 0. The summed E-state index contributed by atoms with van der Waals surface area (Å²) in [5.74, 6) is 0. The minimum atomic E-state index is -0.0298. The normalized spacial score (nSPS) is 14.0. The van der Waals surface area contributed by atoms with E-state index in [2.05, 4.69) is 25.4 Å². The Morgan fingerprint density at radius 3 is 2.70 bits per heavy atom. The molecule has 0 radical (unpaired) electrons. The first-order valence-corrected chi connectivity index (χ1v) is 5.26. The lowest BCUT2D eigenvalue weighted by molar-refractivity contribution is 1.65. The third-order valence-corrected chi connectivity index (χ3v) is 2.96. The van der Waals surface area contributed by atoms with Crippen LogP contribution in [0.25, 0.3) is 0 Å². The van der Waals surface area contributed by atoms with Crippen LogP contribution in [0.2, 0.25) is 0 Å². The average molecular weight is 243 g/mol. The van der Waals surface area contributed by atoms with Crippen molar-refractivity contribution >= 4 is 31.2 Å². The molecule has 2 heteroatoms. The second-order valence-corrected chi connectivity index (χ2v) is 3.80. The number of rotatable bonds is 0. The van der Waals surface area contributed by atoms with Crippen molar-refractivity contribution < 1.29 is 0 Å². The van der Waals surface area contributed by atoms with E-state index in [-0.39, 0.29) is 21.0 Å². The van der Waals surface area contributed by atoms with E-state index in [0.717, 1.165) is 0 Å². The highest BCUT2D eigenvalue weighted by molar-refractivity contribution is 14.2. The van der Waals surface area contributed by atoms with Crippen molar-refractivity contribution in [2.75, 3.05) is 0 Å². The molecule has 50 valence electrons. The first-order chi connectivity index (χ1) is 4.97. The maximum atomic E-state index is 4.25. The molecule has 0 aliphatic carbocycles. The minimum absolute atomic E-state index is 0.0298. The summed E-state index contributed by atoms with van der Waals surface area (Å²) in [5, 5.41) is 0. The van der Waals surface area contributed by atoms with Crippen LogP contribution in [-0.2, 0) is 0 Å². The molecule has 2 rings (SSSR count). The van der Waals surface area contributed by atoms with Gasteiger partial charge in [0.05, 0.1) is 0 Å². The maximum absolute atomic E-state index is 4.25. The maximum Gasteiger partial charge on any atom is 0.0408 e. The summed E-state index contributed by atoms with van der Waals surface area (Å²) in [5.41, 5.74) is 2.61. The summed E-state index contributed by atoms with van der Waals surface area (Å²) in [6, 6.07) is 8.35. The molecule has 0 amide bonds. The van der Waals surface area contributed by atoms with Crippen LogP contribution in [-0.4, -0.2) is 10.2 Å². The summed E-state index contributed by atoms with van der Waals surface area (Å²) >= 11 is -0.0298. The molecule has 0 unspecified atom stereocenters. The molecule has 1 aliphatic heterocycles. The van der Waals surface area contributed by atoms with E-state index >= 15 is 0 Å². The fourth-order valence-corrected chi connectivity index (χ4v) is 2.38. The molecule has 0 aromatic heterocycles. The summed E-state index contributed by atoms with van der Waals surface area (Å²) in [4.78, 5) is 0. The molecule has 10 heavy (non-hydrogen) atoms. The summed E-state index contributed by atoms with van der Waals surface area (Å²) < 4.78 is 6.49. The van der Waals surface area contributed by atoms with Gasteiger partial charge in [-0.15, -0.1) is 0 Å². The molecule has 1 aromatic carbocycles. The molecular weight excluding hydrogens is 237 g/mol. The molecule has 0 fully saturated rings. The van der Waals surface area contributed by atoms with Gasteiger partial charge in [0.2, 0.25) is 0 Å². The summed E-state index contributed by atoms with van der Waals surface area (Å²) in [6.07, 6.45) is 1.97. The second kappa shape index (κ2) is 2.62. The van der Waals surface area contributed by atoms with E-state index in [1.54, 1.807) is 0 Å². The first-order valence-electron chi connectivity index (χ1n) is 3.05. The highest BCUT2D eigenvalue weighted by Gasteiger charge is 1.96. The smallest absolute Gasteiger partial charge is 0.0408 e. The molecule has 1 aliphatic rings. The fourth-order valence-electron chi connectivity index (χ4n) is 0.889. The lowest BCUT2D eigenvalue weighted by Crippen LogP contribution is -1.90. The van der Waals surface area contributed by atoms with E-state index in [9.17, 15) is 0 Å². The Kier molecular flexibility index (Phi) is 1.63. The topological polar surface area (TPSA) is 12.4 Å². The van der Waals surface area contributed by atoms with Gasteiger partial charge in [-0.1, -0.05) is 24.3 Å². The Bertz CT molecular complexity index is 271. The van der Waals surface area contributed by atoms with Crippen LogP contribution in [0.3, 0.4) is 0 Å². The van der Waals surface area contributed by atoms with Gasteiger partial charge in [-0.2, -0.15) is 0 Å². The second-order valence-electron chi connectivity index (χ2n) is 2.06.